The predicted molar refractivity (Wildman–Crippen MR) is 85.7 cm³/mol. The van der Waals surface area contributed by atoms with Gasteiger partial charge in [0, 0.05) is 18.6 Å². The van der Waals surface area contributed by atoms with E-state index >= 15 is 0 Å². The molecule has 1 N–H and O–H groups in total. The van der Waals surface area contributed by atoms with Crippen LogP contribution in [-0.2, 0) is 0 Å². The Bertz CT molecular complexity index is 215. The molecule has 0 aromatic rings. The summed E-state index contributed by atoms with van der Waals surface area (Å²) < 4.78 is 0. The van der Waals surface area contributed by atoms with Crippen LogP contribution in [0, 0.1) is 5.92 Å². The van der Waals surface area contributed by atoms with Gasteiger partial charge in [0.15, 0.2) is 0 Å². The first kappa shape index (κ1) is 17.0. The average Bonchev–Trinajstić information content (AvgIpc) is 2.37. The Kier molecular flexibility index (Phi) is 8.72. The van der Waals surface area contributed by atoms with E-state index in [1.54, 1.807) is 0 Å². The van der Waals surface area contributed by atoms with Gasteiger partial charge in [0.05, 0.1) is 0 Å². The Balaban J connectivity index is 2.58. The topological polar surface area (TPSA) is 15.3 Å². The fourth-order valence-electron chi connectivity index (χ4n) is 3.32. The van der Waals surface area contributed by atoms with Gasteiger partial charge in [0.2, 0.25) is 0 Å². The van der Waals surface area contributed by atoms with E-state index in [0.717, 1.165) is 12.0 Å². The third kappa shape index (κ3) is 6.27. The van der Waals surface area contributed by atoms with Gasteiger partial charge < -0.3 is 10.2 Å². The van der Waals surface area contributed by atoms with Crippen molar-refractivity contribution in [2.45, 2.75) is 84.2 Å². The molecule has 3 unspecified atom stereocenters. The summed E-state index contributed by atoms with van der Waals surface area (Å²) in [6, 6.07) is 1.47. The van der Waals surface area contributed by atoms with Crippen LogP contribution in [0.25, 0.3) is 0 Å². The van der Waals surface area contributed by atoms with Crippen LogP contribution >= 0.6 is 0 Å². The van der Waals surface area contributed by atoms with E-state index in [1.165, 1.54) is 64.5 Å². The molecule has 19 heavy (non-hydrogen) atoms. The van der Waals surface area contributed by atoms with Crippen LogP contribution in [0.15, 0.2) is 0 Å². The predicted octanol–water partition coefficient (Wildman–Crippen LogP) is 4.06. The van der Waals surface area contributed by atoms with Crippen molar-refractivity contribution >= 4 is 0 Å². The summed E-state index contributed by atoms with van der Waals surface area (Å²) in [5, 5.41) is 3.82. The lowest BCUT2D eigenvalue weighted by Gasteiger charge is -2.38. The second kappa shape index (κ2) is 9.77. The van der Waals surface area contributed by atoms with E-state index in [9.17, 15) is 0 Å². The summed E-state index contributed by atoms with van der Waals surface area (Å²) in [6.07, 6.45) is 11.0. The largest absolute Gasteiger partial charge is 0.312 e. The molecular formula is C17H36N2. The minimum atomic E-state index is 0.717. The molecule has 3 atom stereocenters. The van der Waals surface area contributed by atoms with E-state index < -0.39 is 0 Å². The summed E-state index contributed by atoms with van der Waals surface area (Å²) in [5.41, 5.74) is 0. The lowest BCUT2D eigenvalue weighted by Crippen LogP contribution is -2.50. The molecule has 0 amide bonds. The monoisotopic (exact) mass is 268 g/mol. The van der Waals surface area contributed by atoms with Gasteiger partial charge in [-0.1, -0.05) is 52.9 Å². The van der Waals surface area contributed by atoms with E-state index in [-0.39, 0.29) is 0 Å². The molecule has 0 aromatic heterocycles. The second-order valence-electron chi connectivity index (χ2n) is 6.57. The molecule has 2 heteroatoms. The minimum absolute atomic E-state index is 0.717. The Hall–Kier alpha value is -0.0800. The molecule has 114 valence electrons. The maximum atomic E-state index is 3.82. The molecule has 0 saturated heterocycles. The van der Waals surface area contributed by atoms with Gasteiger partial charge in [0.1, 0.15) is 0 Å². The summed E-state index contributed by atoms with van der Waals surface area (Å²) in [7, 11) is 2.35. The molecule has 1 rings (SSSR count). The fraction of sp³-hybridized carbons (Fsp3) is 1.00. The molecule has 1 saturated carbocycles. The highest BCUT2D eigenvalue weighted by atomic mass is 15.2. The van der Waals surface area contributed by atoms with Crippen molar-refractivity contribution in [3.05, 3.63) is 0 Å². The average molecular weight is 268 g/mol. The lowest BCUT2D eigenvalue weighted by molar-refractivity contribution is 0.144. The Labute approximate surface area is 121 Å². The highest BCUT2D eigenvalue weighted by molar-refractivity contribution is 4.85. The number of hydrogen-bond acceptors (Lipinski definition) is 2. The lowest BCUT2D eigenvalue weighted by atomic mass is 9.90. The zero-order chi connectivity index (χ0) is 14.1. The van der Waals surface area contributed by atoms with Crippen LogP contribution in [0.2, 0.25) is 0 Å². The van der Waals surface area contributed by atoms with Gasteiger partial charge >= 0.3 is 0 Å². The molecule has 1 fully saturated rings. The first-order chi connectivity index (χ1) is 9.19. The third-order valence-corrected chi connectivity index (χ3v) is 4.75. The number of rotatable bonds is 7. The molecule has 0 bridgehead atoms. The van der Waals surface area contributed by atoms with Crippen molar-refractivity contribution in [2.24, 2.45) is 5.92 Å². The van der Waals surface area contributed by atoms with Crippen LogP contribution in [0.3, 0.4) is 0 Å². The van der Waals surface area contributed by atoms with Crippen LogP contribution in [0.4, 0.5) is 0 Å². The molecule has 0 aliphatic heterocycles. The molecule has 0 spiro atoms. The molecule has 1 aliphatic carbocycles. The van der Waals surface area contributed by atoms with Gasteiger partial charge in [-0.15, -0.1) is 0 Å². The SMILES string of the molecule is CCCNC1CCCCCCC1N(C)CC(C)CC. The third-order valence-electron chi connectivity index (χ3n) is 4.75. The van der Waals surface area contributed by atoms with Crippen LogP contribution in [0.5, 0.6) is 0 Å². The minimum Gasteiger partial charge on any atom is -0.312 e. The van der Waals surface area contributed by atoms with E-state index in [2.05, 4.69) is 38.0 Å². The number of nitrogens with zero attached hydrogens (tertiary/aromatic N) is 1. The zero-order valence-electron chi connectivity index (χ0n) is 13.8. The molecule has 0 aromatic carbocycles. The Morgan fingerprint density at radius 2 is 1.79 bits per heavy atom. The van der Waals surface area contributed by atoms with E-state index in [0.29, 0.717) is 6.04 Å². The summed E-state index contributed by atoms with van der Waals surface area (Å²) >= 11 is 0. The maximum absolute atomic E-state index is 3.82. The summed E-state index contributed by atoms with van der Waals surface area (Å²) in [4.78, 5) is 2.65. The van der Waals surface area contributed by atoms with Crippen molar-refractivity contribution in [3.8, 4) is 0 Å². The summed E-state index contributed by atoms with van der Waals surface area (Å²) in [5.74, 6) is 0.822. The molecular weight excluding hydrogens is 232 g/mol. The van der Waals surface area contributed by atoms with Gasteiger partial charge in [0.25, 0.3) is 0 Å². The van der Waals surface area contributed by atoms with Gasteiger partial charge in [-0.3, -0.25) is 0 Å². The maximum Gasteiger partial charge on any atom is 0.0246 e. The standard InChI is InChI=1S/C17H36N2/c1-5-13-18-16-11-9-7-8-10-12-17(16)19(4)14-15(3)6-2/h15-18H,5-14H2,1-4H3. The van der Waals surface area contributed by atoms with Crippen molar-refractivity contribution in [3.63, 3.8) is 0 Å². The first-order valence-corrected chi connectivity index (χ1v) is 8.62. The molecule has 0 heterocycles. The quantitative estimate of drug-likeness (QED) is 0.749. The van der Waals surface area contributed by atoms with Crippen LogP contribution in [0.1, 0.15) is 72.1 Å². The molecule has 0 radical (unpaired) electrons. The summed E-state index contributed by atoms with van der Waals surface area (Å²) in [6.45, 7) is 9.40. The zero-order valence-corrected chi connectivity index (χ0v) is 13.8. The normalized spacial score (nSPS) is 27.0. The van der Waals surface area contributed by atoms with E-state index in [1.807, 2.05) is 0 Å². The van der Waals surface area contributed by atoms with Crippen molar-refractivity contribution in [2.75, 3.05) is 20.1 Å². The van der Waals surface area contributed by atoms with Crippen LogP contribution < -0.4 is 5.32 Å². The number of hydrogen-bond donors (Lipinski definition) is 1. The van der Waals surface area contributed by atoms with Crippen molar-refractivity contribution in [1.82, 2.24) is 10.2 Å². The van der Waals surface area contributed by atoms with Gasteiger partial charge in [-0.2, -0.15) is 0 Å². The highest BCUT2D eigenvalue weighted by Crippen LogP contribution is 2.22. The fourth-order valence-corrected chi connectivity index (χ4v) is 3.32. The highest BCUT2D eigenvalue weighted by Gasteiger charge is 2.26. The van der Waals surface area contributed by atoms with Gasteiger partial charge in [-0.05, 0) is 38.8 Å². The number of nitrogens with one attached hydrogen (secondary N) is 1. The smallest absolute Gasteiger partial charge is 0.0246 e. The van der Waals surface area contributed by atoms with Gasteiger partial charge in [-0.25, -0.2) is 0 Å². The Morgan fingerprint density at radius 1 is 1.11 bits per heavy atom. The van der Waals surface area contributed by atoms with E-state index in [4.69, 9.17) is 0 Å². The van der Waals surface area contributed by atoms with Crippen molar-refractivity contribution < 1.29 is 0 Å². The molecule has 1 aliphatic rings. The Morgan fingerprint density at radius 3 is 2.42 bits per heavy atom. The first-order valence-electron chi connectivity index (χ1n) is 8.62. The second-order valence-corrected chi connectivity index (χ2v) is 6.57. The van der Waals surface area contributed by atoms with Crippen molar-refractivity contribution in [1.29, 1.82) is 0 Å². The number of likely N-dealkylation sites (N-methyl/N-ethyl adjacent to an activating group) is 1. The molecule has 2 nitrogen and oxygen atoms in total. The van der Waals surface area contributed by atoms with Crippen LogP contribution in [-0.4, -0.2) is 37.1 Å².